The summed E-state index contributed by atoms with van der Waals surface area (Å²) in [6.07, 6.45) is 2.69. The average Bonchev–Trinajstić information content (AvgIpc) is 2.90. The Kier molecular flexibility index (Phi) is 5.48. The van der Waals surface area contributed by atoms with E-state index in [1.807, 2.05) is 26.0 Å². The number of hydrogen-bond acceptors (Lipinski definition) is 3. The quantitative estimate of drug-likeness (QED) is 0.688. The van der Waals surface area contributed by atoms with E-state index in [4.69, 9.17) is 11.6 Å². The van der Waals surface area contributed by atoms with Gasteiger partial charge in [-0.1, -0.05) is 49.2 Å². The van der Waals surface area contributed by atoms with Crippen LogP contribution in [-0.2, 0) is 21.2 Å². The van der Waals surface area contributed by atoms with E-state index in [0.717, 1.165) is 5.56 Å². The smallest absolute Gasteiger partial charge is 0.227 e. The summed E-state index contributed by atoms with van der Waals surface area (Å²) in [5.41, 5.74) is 2.08. The number of carbonyl (C=O) groups excluding carboxylic acids is 1. The summed E-state index contributed by atoms with van der Waals surface area (Å²) < 4.78 is 24.0. The van der Waals surface area contributed by atoms with E-state index in [0.29, 0.717) is 18.0 Å². The molecule has 0 unspecified atom stereocenters. The predicted molar refractivity (Wildman–Crippen MR) is 109 cm³/mol. The van der Waals surface area contributed by atoms with Crippen molar-refractivity contribution in [2.45, 2.75) is 46.7 Å². The fourth-order valence-electron chi connectivity index (χ4n) is 4.19. The summed E-state index contributed by atoms with van der Waals surface area (Å²) in [6.45, 7) is 8.75. The first-order valence-electron chi connectivity index (χ1n) is 9.41. The molecule has 3 rings (SSSR count). The minimum Gasteiger partial charge on any atom is -0.334 e. The van der Waals surface area contributed by atoms with Gasteiger partial charge in [-0.05, 0) is 49.3 Å². The zero-order chi connectivity index (χ0) is 20.0. The van der Waals surface area contributed by atoms with Gasteiger partial charge in [0.05, 0.1) is 17.4 Å². The van der Waals surface area contributed by atoms with Crippen molar-refractivity contribution >= 4 is 27.3 Å². The molecular formula is C21H28ClNO3S. The van der Waals surface area contributed by atoms with E-state index in [9.17, 15) is 13.2 Å². The first kappa shape index (κ1) is 20.4. The number of hydrogen-bond donors (Lipinski definition) is 0. The second kappa shape index (κ2) is 7.25. The Labute approximate surface area is 167 Å². The number of amides is 1. The van der Waals surface area contributed by atoms with Crippen LogP contribution in [0.3, 0.4) is 0 Å². The lowest BCUT2D eigenvalue weighted by Crippen LogP contribution is -2.42. The van der Waals surface area contributed by atoms with Crippen molar-refractivity contribution in [2.75, 3.05) is 11.5 Å². The summed E-state index contributed by atoms with van der Waals surface area (Å²) in [5.74, 6) is 0.406. The molecule has 1 aliphatic carbocycles. The molecular weight excluding hydrogens is 382 g/mol. The standard InChI is InChI=1S/C21H28ClNO3S/c1-14(2)11-18-19(21(18,3)4)20(24)23(17-9-10-27(25,26)13-17)12-15-5-7-16(22)8-6-15/h5-8,11,17-19H,9-10,12-13H2,1-4H3/t17-,18-,19-/m1/s1. The lowest BCUT2D eigenvalue weighted by Gasteiger charge is -2.29. The number of carbonyl (C=O) groups is 1. The van der Waals surface area contributed by atoms with Gasteiger partial charge in [-0.2, -0.15) is 0 Å². The highest BCUT2D eigenvalue weighted by Gasteiger charge is 2.61. The first-order valence-corrected chi connectivity index (χ1v) is 11.6. The number of rotatable bonds is 5. The van der Waals surface area contributed by atoms with E-state index in [2.05, 4.69) is 19.9 Å². The Morgan fingerprint density at radius 3 is 2.41 bits per heavy atom. The van der Waals surface area contributed by atoms with Crippen molar-refractivity contribution in [3.8, 4) is 0 Å². The van der Waals surface area contributed by atoms with Crippen molar-refractivity contribution in [2.24, 2.45) is 17.3 Å². The second-order valence-corrected chi connectivity index (χ2v) is 11.4. The molecule has 0 radical (unpaired) electrons. The van der Waals surface area contributed by atoms with Gasteiger partial charge >= 0.3 is 0 Å². The number of sulfone groups is 1. The molecule has 1 aromatic carbocycles. The maximum Gasteiger partial charge on any atom is 0.227 e. The molecule has 2 fully saturated rings. The molecule has 1 saturated carbocycles. The highest BCUT2D eigenvalue weighted by molar-refractivity contribution is 7.91. The van der Waals surface area contributed by atoms with Crippen LogP contribution in [-0.4, -0.2) is 36.8 Å². The molecule has 1 amide bonds. The predicted octanol–water partition coefficient (Wildman–Crippen LogP) is 4.09. The fraction of sp³-hybridized carbons (Fsp3) is 0.571. The van der Waals surface area contributed by atoms with Crippen molar-refractivity contribution in [1.82, 2.24) is 4.90 Å². The molecule has 0 aromatic heterocycles. The third-order valence-corrected chi connectivity index (χ3v) is 7.89. The van der Waals surface area contributed by atoms with Crippen molar-refractivity contribution < 1.29 is 13.2 Å². The number of nitrogens with zero attached hydrogens (tertiary/aromatic N) is 1. The maximum absolute atomic E-state index is 13.5. The van der Waals surface area contributed by atoms with Crippen LogP contribution >= 0.6 is 11.6 Å². The van der Waals surface area contributed by atoms with Gasteiger partial charge in [-0.15, -0.1) is 0 Å². The largest absolute Gasteiger partial charge is 0.334 e. The van der Waals surface area contributed by atoms with E-state index < -0.39 is 9.84 Å². The first-order chi connectivity index (χ1) is 12.5. The van der Waals surface area contributed by atoms with E-state index in [1.165, 1.54) is 5.57 Å². The summed E-state index contributed by atoms with van der Waals surface area (Å²) in [5, 5.41) is 0.645. The molecule has 1 heterocycles. The fourth-order valence-corrected chi connectivity index (χ4v) is 6.05. The van der Waals surface area contributed by atoms with Crippen LogP contribution in [0.1, 0.15) is 39.7 Å². The SMILES string of the molecule is CC(C)=C[C@@H]1[C@H](C(=O)N(Cc2ccc(Cl)cc2)[C@@H]2CCS(=O)(=O)C2)C1(C)C. The third kappa shape index (κ3) is 4.40. The van der Waals surface area contributed by atoms with Gasteiger partial charge in [0.15, 0.2) is 9.84 Å². The number of benzene rings is 1. The molecule has 3 atom stereocenters. The molecule has 1 aromatic rings. The molecule has 0 N–H and O–H groups in total. The van der Waals surface area contributed by atoms with Gasteiger partial charge in [0, 0.05) is 17.6 Å². The van der Waals surface area contributed by atoms with Gasteiger partial charge in [-0.3, -0.25) is 4.79 Å². The summed E-state index contributed by atoms with van der Waals surface area (Å²) in [6, 6.07) is 7.16. The van der Waals surface area contributed by atoms with Crippen molar-refractivity contribution in [1.29, 1.82) is 0 Å². The molecule has 27 heavy (non-hydrogen) atoms. The van der Waals surface area contributed by atoms with Gasteiger partial charge in [0.1, 0.15) is 0 Å². The summed E-state index contributed by atoms with van der Waals surface area (Å²) in [7, 11) is -3.07. The molecule has 2 aliphatic rings. The van der Waals surface area contributed by atoms with Gasteiger partial charge < -0.3 is 4.90 Å². The van der Waals surface area contributed by atoms with E-state index >= 15 is 0 Å². The van der Waals surface area contributed by atoms with Crippen LogP contribution in [0, 0.1) is 17.3 Å². The normalized spacial score (nSPS) is 27.8. The summed E-state index contributed by atoms with van der Waals surface area (Å²) >= 11 is 5.97. The van der Waals surface area contributed by atoms with Crippen LogP contribution in [0.5, 0.6) is 0 Å². The number of halogens is 1. The second-order valence-electron chi connectivity index (χ2n) is 8.72. The van der Waals surface area contributed by atoms with Crippen molar-refractivity contribution in [3.63, 3.8) is 0 Å². The molecule has 4 nitrogen and oxygen atoms in total. The van der Waals surface area contributed by atoms with Gasteiger partial charge in [-0.25, -0.2) is 8.42 Å². The molecule has 1 aliphatic heterocycles. The molecule has 148 valence electrons. The Morgan fingerprint density at radius 2 is 1.89 bits per heavy atom. The van der Waals surface area contributed by atoms with Gasteiger partial charge in [0.2, 0.25) is 5.91 Å². The van der Waals surface area contributed by atoms with Crippen LogP contribution < -0.4 is 0 Å². The van der Waals surface area contributed by atoms with E-state index in [1.54, 1.807) is 17.0 Å². The number of allylic oxidation sites excluding steroid dienone is 2. The lowest BCUT2D eigenvalue weighted by molar-refractivity contribution is -0.136. The molecule has 0 spiro atoms. The third-order valence-electron chi connectivity index (χ3n) is 5.89. The highest BCUT2D eigenvalue weighted by atomic mass is 35.5. The van der Waals surface area contributed by atoms with Crippen LogP contribution in [0.2, 0.25) is 5.02 Å². The Morgan fingerprint density at radius 1 is 1.26 bits per heavy atom. The zero-order valence-electron chi connectivity index (χ0n) is 16.4. The lowest BCUT2D eigenvalue weighted by atomic mass is 10.1. The molecule has 0 bridgehead atoms. The zero-order valence-corrected chi connectivity index (χ0v) is 18.0. The average molecular weight is 410 g/mol. The van der Waals surface area contributed by atoms with Crippen LogP contribution in [0.25, 0.3) is 0 Å². The summed E-state index contributed by atoms with van der Waals surface area (Å²) in [4.78, 5) is 15.3. The topological polar surface area (TPSA) is 54.5 Å². The minimum atomic E-state index is -3.07. The van der Waals surface area contributed by atoms with Crippen LogP contribution in [0.15, 0.2) is 35.9 Å². The van der Waals surface area contributed by atoms with Crippen LogP contribution in [0.4, 0.5) is 0 Å². The Bertz CT molecular complexity index is 854. The Balaban J connectivity index is 1.86. The van der Waals surface area contributed by atoms with Gasteiger partial charge in [0.25, 0.3) is 0 Å². The Hall–Kier alpha value is -1.33. The monoisotopic (exact) mass is 409 g/mol. The molecule has 6 heteroatoms. The highest BCUT2D eigenvalue weighted by Crippen LogP contribution is 2.60. The van der Waals surface area contributed by atoms with Crippen molar-refractivity contribution in [3.05, 3.63) is 46.5 Å². The minimum absolute atomic E-state index is 0.0623. The molecule has 1 saturated heterocycles. The maximum atomic E-state index is 13.5. The van der Waals surface area contributed by atoms with E-state index in [-0.39, 0.29) is 40.7 Å².